The molecule has 1 aromatic heterocycles. The second-order valence-electron chi connectivity index (χ2n) is 6.19. The Morgan fingerprint density at radius 2 is 1.73 bits per heavy atom. The predicted octanol–water partition coefficient (Wildman–Crippen LogP) is 4.76. The van der Waals surface area contributed by atoms with Gasteiger partial charge in [0.05, 0.1) is 0 Å². The monoisotopic (exact) mass is 343 g/mol. The number of amides is 1. The topological polar surface area (TPSA) is 68.0 Å². The molecule has 4 rings (SSSR count). The fourth-order valence-electron chi connectivity index (χ4n) is 2.85. The van der Waals surface area contributed by atoms with Crippen LogP contribution in [0.25, 0.3) is 22.2 Å². The van der Waals surface area contributed by atoms with Crippen LogP contribution >= 0.6 is 0 Å². The van der Waals surface area contributed by atoms with E-state index >= 15 is 0 Å². The lowest BCUT2D eigenvalue weighted by Gasteiger charge is -2.05. The van der Waals surface area contributed by atoms with E-state index in [4.69, 9.17) is 4.42 Å². The Hall–Kier alpha value is -3.47. The lowest BCUT2D eigenvalue weighted by atomic mass is 10.0. The van der Waals surface area contributed by atoms with E-state index in [1.807, 2.05) is 68.4 Å². The summed E-state index contributed by atoms with van der Waals surface area (Å²) in [6.45, 7) is 4.07. The van der Waals surface area contributed by atoms with Crippen molar-refractivity contribution in [2.75, 3.05) is 5.32 Å². The molecule has 0 fully saturated rings. The normalized spacial score (nSPS) is 10.8. The van der Waals surface area contributed by atoms with Crippen LogP contribution in [0.15, 0.2) is 65.1 Å². The van der Waals surface area contributed by atoms with E-state index in [0.29, 0.717) is 11.5 Å². The highest BCUT2D eigenvalue weighted by Gasteiger charge is 2.15. The van der Waals surface area contributed by atoms with E-state index < -0.39 is 0 Å². The van der Waals surface area contributed by atoms with Gasteiger partial charge in [0.2, 0.25) is 5.89 Å². The number of hydrogen-bond donors (Lipinski definition) is 1. The fraction of sp³-hybridized carbons (Fsp3) is 0.0952. The van der Waals surface area contributed by atoms with Crippen LogP contribution in [0.3, 0.4) is 0 Å². The first-order valence-electron chi connectivity index (χ1n) is 8.32. The summed E-state index contributed by atoms with van der Waals surface area (Å²) >= 11 is 0. The van der Waals surface area contributed by atoms with Gasteiger partial charge in [-0.25, -0.2) is 0 Å². The number of nitrogens with one attached hydrogen (secondary N) is 1. The first-order chi connectivity index (χ1) is 12.6. The second-order valence-corrected chi connectivity index (χ2v) is 6.19. The lowest BCUT2D eigenvalue weighted by molar-refractivity contribution is 0.102. The van der Waals surface area contributed by atoms with Crippen LogP contribution in [0, 0.1) is 13.8 Å². The van der Waals surface area contributed by atoms with E-state index in [-0.39, 0.29) is 11.9 Å². The molecule has 0 aliphatic carbocycles. The van der Waals surface area contributed by atoms with Crippen molar-refractivity contribution in [2.45, 2.75) is 13.8 Å². The maximum absolute atomic E-state index is 12.6. The number of benzene rings is 3. The Morgan fingerprint density at radius 3 is 2.58 bits per heavy atom. The van der Waals surface area contributed by atoms with E-state index in [9.17, 15) is 4.79 Å². The Morgan fingerprint density at radius 1 is 0.923 bits per heavy atom. The van der Waals surface area contributed by atoms with E-state index in [1.54, 1.807) is 6.07 Å². The van der Waals surface area contributed by atoms with Gasteiger partial charge in [-0.2, -0.15) is 0 Å². The molecule has 4 aromatic rings. The SMILES string of the molecule is Cc1ccc(-c2nnc(NC(=O)c3cccc4ccccc34)o2)cc1C. The second kappa shape index (κ2) is 6.44. The van der Waals surface area contributed by atoms with E-state index in [0.717, 1.165) is 21.9 Å². The summed E-state index contributed by atoms with van der Waals surface area (Å²) in [7, 11) is 0. The van der Waals surface area contributed by atoms with Crippen LogP contribution in [-0.4, -0.2) is 16.1 Å². The minimum absolute atomic E-state index is 0.0798. The Labute approximate surface area is 150 Å². The molecule has 0 saturated carbocycles. The molecule has 0 spiro atoms. The van der Waals surface area contributed by atoms with Crippen LogP contribution in [0.5, 0.6) is 0 Å². The maximum Gasteiger partial charge on any atom is 0.322 e. The van der Waals surface area contributed by atoms with Gasteiger partial charge in [-0.1, -0.05) is 47.6 Å². The van der Waals surface area contributed by atoms with Crippen LogP contribution in [0.1, 0.15) is 21.5 Å². The molecule has 1 amide bonds. The van der Waals surface area contributed by atoms with Crippen molar-refractivity contribution >= 4 is 22.7 Å². The Balaban J connectivity index is 1.60. The number of aryl methyl sites for hydroxylation is 2. The molecular weight excluding hydrogens is 326 g/mol. The van der Waals surface area contributed by atoms with Crippen molar-refractivity contribution in [3.63, 3.8) is 0 Å². The quantitative estimate of drug-likeness (QED) is 0.582. The first-order valence-corrected chi connectivity index (χ1v) is 8.32. The predicted molar refractivity (Wildman–Crippen MR) is 101 cm³/mol. The summed E-state index contributed by atoms with van der Waals surface area (Å²) in [4.78, 5) is 12.6. The minimum atomic E-state index is -0.280. The number of hydrogen-bond acceptors (Lipinski definition) is 4. The highest BCUT2D eigenvalue weighted by Crippen LogP contribution is 2.23. The van der Waals surface area contributed by atoms with Crippen LogP contribution in [-0.2, 0) is 0 Å². The van der Waals surface area contributed by atoms with Gasteiger partial charge in [0.1, 0.15) is 0 Å². The zero-order chi connectivity index (χ0) is 18.1. The standard InChI is InChI=1S/C21H17N3O2/c1-13-10-11-16(12-14(13)2)20-23-24-21(26-20)22-19(25)18-9-5-7-15-6-3-4-8-17(15)18/h3-12H,1-2H3,(H,22,24,25). The molecule has 0 unspecified atom stereocenters. The molecule has 0 saturated heterocycles. The zero-order valence-corrected chi connectivity index (χ0v) is 14.5. The molecule has 0 atom stereocenters. The third-order valence-corrected chi connectivity index (χ3v) is 4.43. The molecule has 5 heteroatoms. The van der Waals surface area contributed by atoms with Gasteiger partial charge in [0, 0.05) is 11.1 Å². The molecule has 1 N–H and O–H groups in total. The van der Waals surface area contributed by atoms with Gasteiger partial charge in [-0.3, -0.25) is 10.1 Å². The number of fused-ring (bicyclic) bond motifs is 1. The maximum atomic E-state index is 12.6. The number of anilines is 1. The third kappa shape index (κ3) is 2.95. The van der Waals surface area contributed by atoms with Gasteiger partial charge >= 0.3 is 6.01 Å². The number of rotatable bonds is 3. The lowest BCUT2D eigenvalue weighted by Crippen LogP contribution is -2.12. The van der Waals surface area contributed by atoms with E-state index in [2.05, 4.69) is 15.5 Å². The molecule has 1 heterocycles. The molecule has 3 aromatic carbocycles. The summed E-state index contributed by atoms with van der Waals surface area (Å²) in [6.07, 6.45) is 0. The fourth-order valence-corrected chi connectivity index (χ4v) is 2.85. The van der Waals surface area contributed by atoms with E-state index in [1.165, 1.54) is 5.56 Å². The summed E-state index contributed by atoms with van der Waals surface area (Å²) in [5.74, 6) is 0.0957. The average molecular weight is 343 g/mol. The van der Waals surface area contributed by atoms with Gasteiger partial charge in [0.25, 0.3) is 5.91 Å². The number of carbonyl (C=O) groups is 1. The van der Waals surface area contributed by atoms with Crippen molar-refractivity contribution in [1.29, 1.82) is 0 Å². The summed E-state index contributed by atoms with van der Waals surface area (Å²) in [5.41, 5.74) is 3.72. The minimum Gasteiger partial charge on any atom is -0.403 e. The Bertz CT molecular complexity index is 1110. The van der Waals surface area contributed by atoms with Crippen molar-refractivity contribution in [2.24, 2.45) is 0 Å². The summed E-state index contributed by atoms with van der Waals surface area (Å²) < 4.78 is 5.61. The molecule has 0 aliphatic heterocycles. The molecule has 128 valence electrons. The molecule has 0 radical (unpaired) electrons. The largest absolute Gasteiger partial charge is 0.403 e. The van der Waals surface area contributed by atoms with Gasteiger partial charge in [0.15, 0.2) is 0 Å². The first kappa shape index (κ1) is 16.0. The summed E-state index contributed by atoms with van der Waals surface area (Å²) in [5, 5.41) is 12.5. The van der Waals surface area contributed by atoms with Crippen LogP contribution in [0.4, 0.5) is 6.01 Å². The Kier molecular flexibility index (Phi) is 3.97. The van der Waals surface area contributed by atoms with Gasteiger partial charge in [-0.15, -0.1) is 5.10 Å². The highest BCUT2D eigenvalue weighted by atomic mass is 16.4. The molecule has 5 nitrogen and oxygen atoms in total. The zero-order valence-electron chi connectivity index (χ0n) is 14.5. The van der Waals surface area contributed by atoms with Gasteiger partial charge < -0.3 is 4.42 Å². The molecular formula is C21H17N3O2. The van der Waals surface area contributed by atoms with Gasteiger partial charge in [-0.05, 0) is 53.9 Å². The smallest absolute Gasteiger partial charge is 0.322 e. The molecule has 26 heavy (non-hydrogen) atoms. The number of carbonyl (C=O) groups excluding carboxylic acids is 1. The van der Waals surface area contributed by atoms with Crippen molar-refractivity contribution in [3.05, 3.63) is 77.4 Å². The third-order valence-electron chi connectivity index (χ3n) is 4.43. The van der Waals surface area contributed by atoms with Crippen LogP contribution in [0.2, 0.25) is 0 Å². The summed E-state index contributed by atoms with van der Waals surface area (Å²) in [6, 6.07) is 19.3. The number of nitrogens with zero attached hydrogens (tertiary/aromatic N) is 2. The van der Waals surface area contributed by atoms with Crippen molar-refractivity contribution < 1.29 is 9.21 Å². The molecule has 0 aliphatic rings. The van der Waals surface area contributed by atoms with Crippen molar-refractivity contribution in [1.82, 2.24) is 10.2 Å². The van der Waals surface area contributed by atoms with Crippen molar-refractivity contribution in [3.8, 4) is 11.5 Å². The number of aromatic nitrogens is 2. The average Bonchev–Trinajstić information content (AvgIpc) is 3.12. The van der Waals surface area contributed by atoms with Crippen LogP contribution < -0.4 is 5.32 Å². The molecule has 0 bridgehead atoms. The highest BCUT2D eigenvalue weighted by molar-refractivity contribution is 6.12.